The molecule has 5 heteroatoms. The highest BCUT2D eigenvalue weighted by Crippen LogP contribution is 2.23. The molecule has 2 rings (SSSR count). The number of nitrogens with one attached hydrogen (secondary N) is 2. The fourth-order valence-electron chi connectivity index (χ4n) is 1.98. The molecule has 0 atom stereocenters. The summed E-state index contributed by atoms with van der Waals surface area (Å²) in [6.07, 6.45) is 2.11. The fourth-order valence-corrected chi connectivity index (χ4v) is 2.34. The Morgan fingerprint density at radius 3 is 2.61 bits per heavy atom. The smallest absolute Gasteiger partial charge is 0.243 e. The maximum absolute atomic E-state index is 12.0. The van der Waals surface area contributed by atoms with Crippen molar-refractivity contribution in [1.82, 2.24) is 0 Å². The molecule has 0 saturated heterocycles. The van der Waals surface area contributed by atoms with Crippen molar-refractivity contribution in [2.24, 2.45) is 0 Å². The van der Waals surface area contributed by atoms with Gasteiger partial charge in [-0.05, 0) is 65.4 Å². The van der Waals surface area contributed by atoms with Gasteiger partial charge in [0.05, 0.1) is 18.8 Å². The Hall–Kier alpha value is -1.76. The van der Waals surface area contributed by atoms with Crippen molar-refractivity contribution in [2.45, 2.75) is 19.8 Å². The zero-order valence-electron chi connectivity index (χ0n) is 13.1. The predicted molar refractivity (Wildman–Crippen MR) is 103 cm³/mol. The summed E-state index contributed by atoms with van der Waals surface area (Å²) in [7, 11) is 0. The van der Waals surface area contributed by atoms with Crippen LogP contribution in [0.25, 0.3) is 0 Å². The van der Waals surface area contributed by atoms with Crippen LogP contribution in [0.3, 0.4) is 0 Å². The quantitative estimate of drug-likeness (QED) is 0.484. The van der Waals surface area contributed by atoms with Crippen LogP contribution in [0.2, 0.25) is 0 Å². The van der Waals surface area contributed by atoms with E-state index >= 15 is 0 Å². The lowest BCUT2D eigenvalue weighted by Gasteiger charge is -2.13. The lowest BCUT2D eigenvalue weighted by molar-refractivity contribution is -0.114. The Kier molecular flexibility index (Phi) is 7.19. The second-order valence-electron chi connectivity index (χ2n) is 5.11. The molecule has 0 aliphatic carbocycles. The van der Waals surface area contributed by atoms with Gasteiger partial charge in [0.1, 0.15) is 5.75 Å². The first-order chi connectivity index (χ1) is 11.2. The molecule has 0 bridgehead atoms. The van der Waals surface area contributed by atoms with Gasteiger partial charge in [-0.3, -0.25) is 4.79 Å². The Balaban J connectivity index is 1.87. The van der Waals surface area contributed by atoms with E-state index in [1.165, 1.54) is 0 Å². The van der Waals surface area contributed by atoms with Crippen molar-refractivity contribution in [3.8, 4) is 5.75 Å². The van der Waals surface area contributed by atoms with E-state index in [9.17, 15) is 4.79 Å². The summed E-state index contributed by atoms with van der Waals surface area (Å²) in [5.41, 5.74) is 1.63. The molecule has 0 aromatic heterocycles. The van der Waals surface area contributed by atoms with E-state index in [2.05, 4.69) is 40.1 Å². The number of para-hydroxylation sites is 2. The van der Waals surface area contributed by atoms with Gasteiger partial charge in [-0.15, -0.1) is 0 Å². The number of carbonyl (C=O) groups is 1. The molecule has 0 saturated carbocycles. The number of carbonyl (C=O) groups excluding carboxylic acids is 1. The van der Waals surface area contributed by atoms with E-state index in [-0.39, 0.29) is 12.5 Å². The highest BCUT2D eigenvalue weighted by Gasteiger charge is 2.06. The van der Waals surface area contributed by atoms with Crippen molar-refractivity contribution in [3.63, 3.8) is 0 Å². The Bertz CT molecular complexity index is 629. The van der Waals surface area contributed by atoms with Crippen LogP contribution in [-0.2, 0) is 4.79 Å². The van der Waals surface area contributed by atoms with Gasteiger partial charge in [0.25, 0.3) is 0 Å². The third-order valence-corrected chi connectivity index (χ3v) is 3.93. The third-order valence-electron chi connectivity index (χ3n) is 3.21. The van der Waals surface area contributed by atoms with Crippen molar-refractivity contribution in [3.05, 3.63) is 52.1 Å². The topological polar surface area (TPSA) is 50.4 Å². The maximum Gasteiger partial charge on any atom is 0.243 e. The van der Waals surface area contributed by atoms with Gasteiger partial charge in [-0.25, -0.2) is 0 Å². The molecule has 122 valence electrons. The van der Waals surface area contributed by atoms with Crippen LogP contribution >= 0.6 is 22.6 Å². The number of anilines is 2. The summed E-state index contributed by atoms with van der Waals surface area (Å²) in [5, 5.41) is 6.00. The van der Waals surface area contributed by atoms with E-state index in [0.717, 1.165) is 33.5 Å². The molecule has 0 fully saturated rings. The van der Waals surface area contributed by atoms with Crippen LogP contribution in [-0.4, -0.2) is 19.1 Å². The van der Waals surface area contributed by atoms with Crippen molar-refractivity contribution < 1.29 is 9.53 Å². The Labute approximate surface area is 150 Å². The highest BCUT2D eigenvalue weighted by atomic mass is 127. The first-order valence-corrected chi connectivity index (χ1v) is 8.78. The SMILES string of the molecule is CCCCOc1ccccc1NCC(=O)Nc1ccc(I)cc1. The number of hydrogen-bond acceptors (Lipinski definition) is 3. The number of benzene rings is 2. The fraction of sp³-hybridized carbons (Fsp3) is 0.278. The van der Waals surface area contributed by atoms with Gasteiger partial charge in [0, 0.05) is 9.26 Å². The van der Waals surface area contributed by atoms with Gasteiger partial charge in [-0.1, -0.05) is 25.5 Å². The average molecular weight is 424 g/mol. The Morgan fingerprint density at radius 1 is 1.13 bits per heavy atom. The Morgan fingerprint density at radius 2 is 1.87 bits per heavy atom. The summed E-state index contributed by atoms with van der Waals surface area (Å²) in [5.74, 6) is 0.692. The minimum Gasteiger partial charge on any atom is -0.491 e. The molecule has 2 aromatic carbocycles. The van der Waals surface area contributed by atoms with E-state index in [4.69, 9.17) is 4.74 Å². The van der Waals surface area contributed by atoms with Crippen LogP contribution < -0.4 is 15.4 Å². The number of ether oxygens (including phenoxy) is 1. The molecular weight excluding hydrogens is 403 g/mol. The predicted octanol–water partition coefficient (Wildman–Crippen LogP) is 4.52. The van der Waals surface area contributed by atoms with Crippen LogP contribution in [0.15, 0.2) is 48.5 Å². The first-order valence-electron chi connectivity index (χ1n) is 7.70. The number of halogens is 1. The molecule has 2 N–H and O–H groups in total. The molecule has 4 nitrogen and oxygen atoms in total. The first kappa shape index (κ1) is 17.6. The minimum atomic E-state index is -0.0884. The summed E-state index contributed by atoms with van der Waals surface area (Å²) < 4.78 is 6.88. The highest BCUT2D eigenvalue weighted by molar-refractivity contribution is 14.1. The molecule has 0 radical (unpaired) electrons. The summed E-state index contributed by atoms with van der Waals surface area (Å²) in [6.45, 7) is 3.01. The average Bonchev–Trinajstić information content (AvgIpc) is 2.56. The molecule has 0 heterocycles. The largest absolute Gasteiger partial charge is 0.491 e. The zero-order valence-corrected chi connectivity index (χ0v) is 15.3. The van der Waals surface area contributed by atoms with Crippen molar-refractivity contribution in [1.29, 1.82) is 0 Å². The van der Waals surface area contributed by atoms with Crippen LogP contribution in [0.5, 0.6) is 5.75 Å². The molecule has 23 heavy (non-hydrogen) atoms. The number of unbranched alkanes of at least 4 members (excludes halogenated alkanes) is 1. The molecule has 2 aromatic rings. The maximum atomic E-state index is 12.0. The van der Waals surface area contributed by atoms with E-state index in [1.807, 2.05) is 48.5 Å². The molecule has 1 amide bonds. The normalized spacial score (nSPS) is 10.2. The second kappa shape index (κ2) is 9.39. The van der Waals surface area contributed by atoms with Gasteiger partial charge < -0.3 is 15.4 Å². The van der Waals surface area contributed by atoms with Crippen LogP contribution in [0.4, 0.5) is 11.4 Å². The van der Waals surface area contributed by atoms with Crippen molar-refractivity contribution in [2.75, 3.05) is 23.8 Å². The molecule has 0 aliphatic rings. The number of amides is 1. The third kappa shape index (κ3) is 6.09. The number of rotatable bonds is 8. The summed E-state index contributed by atoms with van der Waals surface area (Å²) in [4.78, 5) is 12.0. The molecular formula is C18H21IN2O2. The van der Waals surface area contributed by atoms with Gasteiger partial charge >= 0.3 is 0 Å². The van der Waals surface area contributed by atoms with Gasteiger partial charge in [0.2, 0.25) is 5.91 Å². The van der Waals surface area contributed by atoms with E-state index in [1.54, 1.807) is 0 Å². The zero-order chi connectivity index (χ0) is 16.5. The summed E-state index contributed by atoms with van der Waals surface area (Å²) >= 11 is 2.23. The van der Waals surface area contributed by atoms with Gasteiger partial charge in [0.15, 0.2) is 0 Å². The monoisotopic (exact) mass is 424 g/mol. The second-order valence-corrected chi connectivity index (χ2v) is 6.35. The van der Waals surface area contributed by atoms with E-state index in [0.29, 0.717) is 6.61 Å². The minimum absolute atomic E-state index is 0.0884. The van der Waals surface area contributed by atoms with Crippen LogP contribution in [0.1, 0.15) is 19.8 Å². The molecule has 0 aliphatic heterocycles. The lowest BCUT2D eigenvalue weighted by atomic mass is 10.3. The standard InChI is InChI=1S/C18H21IN2O2/c1-2-3-12-23-17-7-5-4-6-16(17)20-13-18(22)21-15-10-8-14(19)9-11-15/h4-11,20H,2-3,12-13H2,1H3,(H,21,22). The molecule has 0 unspecified atom stereocenters. The van der Waals surface area contributed by atoms with Gasteiger partial charge in [-0.2, -0.15) is 0 Å². The van der Waals surface area contributed by atoms with E-state index < -0.39 is 0 Å². The van der Waals surface area contributed by atoms with Crippen LogP contribution in [0, 0.1) is 3.57 Å². The molecule has 0 spiro atoms. The summed E-state index contributed by atoms with van der Waals surface area (Å²) in [6, 6.07) is 15.4. The van der Waals surface area contributed by atoms with Crippen molar-refractivity contribution >= 4 is 39.9 Å². The lowest BCUT2D eigenvalue weighted by Crippen LogP contribution is -2.22. The number of hydrogen-bond donors (Lipinski definition) is 2.